The number of amides is 1. The highest BCUT2D eigenvalue weighted by Gasteiger charge is 2.03. The molecular formula is C16H17BrN2O. The Morgan fingerprint density at radius 1 is 1.05 bits per heavy atom. The van der Waals surface area contributed by atoms with Crippen LogP contribution in [-0.4, -0.2) is 12.5 Å². The first-order valence-electron chi connectivity index (χ1n) is 6.41. The van der Waals surface area contributed by atoms with Crippen LogP contribution >= 0.6 is 15.9 Å². The third-order valence-electron chi connectivity index (χ3n) is 3.07. The number of hydrogen-bond acceptors (Lipinski definition) is 2. The Hall–Kier alpha value is -1.81. The van der Waals surface area contributed by atoms with Crippen LogP contribution in [0, 0.1) is 13.8 Å². The molecule has 0 bridgehead atoms. The van der Waals surface area contributed by atoms with Gasteiger partial charge in [-0.15, -0.1) is 0 Å². The maximum atomic E-state index is 11.9. The summed E-state index contributed by atoms with van der Waals surface area (Å²) in [5, 5.41) is 5.97. The van der Waals surface area contributed by atoms with E-state index in [0.29, 0.717) is 0 Å². The molecule has 4 heteroatoms. The second-order valence-corrected chi connectivity index (χ2v) is 5.63. The van der Waals surface area contributed by atoms with E-state index < -0.39 is 0 Å². The van der Waals surface area contributed by atoms with Crippen molar-refractivity contribution in [3.63, 3.8) is 0 Å². The minimum atomic E-state index is -0.0618. The smallest absolute Gasteiger partial charge is 0.243 e. The van der Waals surface area contributed by atoms with Gasteiger partial charge in [-0.25, -0.2) is 0 Å². The van der Waals surface area contributed by atoms with Crippen molar-refractivity contribution in [2.45, 2.75) is 13.8 Å². The van der Waals surface area contributed by atoms with Crippen molar-refractivity contribution in [1.29, 1.82) is 0 Å². The fourth-order valence-electron chi connectivity index (χ4n) is 1.81. The second kappa shape index (κ2) is 6.57. The zero-order chi connectivity index (χ0) is 14.5. The topological polar surface area (TPSA) is 41.1 Å². The number of carbonyl (C=O) groups is 1. The van der Waals surface area contributed by atoms with Gasteiger partial charge in [0, 0.05) is 15.8 Å². The molecule has 0 aliphatic rings. The molecule has 0 spiro atoms. The summed E-state index contributed by atoms with van der Waals surface area (Å²) in [6.45, 7) is 4.32. The number of halogens is 1. The Kier molecular flexibility index (Phi) is 4.79. The van der Waals surface area contributed by atoms with Gasteiger partial charge in [0.25, 0.3) is 0 Å². The van der Waals surface area contributed by atoms with Crippen LogP contribution < -0.4 is 10.6 Å². The van der Waals surface area contributed by atoms with E-state index in [-0.39, 0.29) is 12.5 Å². The monoisotopic (exact) mass is 332 g/mol. The molecule has 104 valence electrons. The van der Waals surface area contributed by atoms with Gasteiger partial charge in [-0.2, -0.15) is 0 Å². The fourth-order valence-corrected chi connectivity index (χ4v) is 2.20. The highest BCUT2D eigenvalue weighted by Crippen LogP contribution is 2.16. The van der Waals surface area contributed by atoms with Crippen molar-refractivity contribution in [1.82, 2.24) is 0 Å². The third-order valence-corrected chi connectivity index (χ3v) is 3.56. The van der Waals surface area contributed by atoms with Gasteiger partial charge in [0.05, 0.1) is 6.54 Å². The Labute approximate surface area is 127 Å². The summed E-state index contributed by atoms with van der Waals surface area (Å²) < 4.78 is 0.983. The summed E-state index contributed by atoms with van der Waals surface area (Å²) in [6, 6.07) is 13.6. The number of hydrogen-bond donors (Lipinski definition) is 2. The molecule has 0 fully saturated rings. The van der Waals surface area contributed by atoms with Crippen LogP contribution in [0.25, 0.3) is 0 Å². The quantitative estimate of drug-likeness (QED) is 0.884. The molecule has 3 nitrogen and oxygen atoms in total. The van der Waals surface area contributed by atoms with Crippen LogP contribution in [0.5, 0.6) is 0 Å². The standard InChI is InChI=1S/C16H17BrN2O/c1-11-6-7-15(8-12(11)2)19-16(20)10-18-14-5-3-4-13(17)9-14/h3-9,18H,10H2,1-2H3,(H,19,20). The van der Waals surface area contributed by atoms with Crippen LogP contribution in [0.15, 0.2) is 46.9 Å². The molecule has 2 N–H and O–H groups in total. The van der Waals surface area contributed by atoms with Crippen molar-refractivity contribution in [2.24, 2.45) is 0 Å². The van der Waals surface area contributed by atoms with Crippen LogP contribution in [0.2, 0.25) is 0 Å². The maximum Gasteiger partial charge on any atom is 0.243 e. The number of carbonyl (C=O) groups excluding carboxylic acids is 1. The predicted octanol–water partition coefficient (Wildman–Crippen LogP) is 4.12. The molecule has 0 saturated carbocycles. The minimum Gasteiger partial charge on any atom is -0.376 e. The van der Waals surface area contributed by atoms with Gasteiger partial charge in [0.2, 0.25) is 5.91 Å². The third kappa shape index (κ3) is 4.10. The SMILES string of the molecule is Cc1ccc(NC(=O)CNc2cccc(Br)c2)cc1C. The zero-order valence-electron chi connectivity index (χ0n) is 11.5. The Morgan fingerprint density at radius 3 is 2.55 bits per heavy atom. The number of rotatable bonds is 4. The molecule has 0 radical (unpaired) electrons. The van der Waals surface area contributed by atoms with Crippen molar-refractivity contribution in [3.05, 3.63) is 58.1 Å². The van der Waals surface area contributed by atoms with E-state index in [1.54, 1.807) is 0 Å². The lowest BCUT2D eigenvalue weighted by atomic mass is 10.1. The lowest BCUT2D eigenvalue weighted by Crippen LogP contribution is -2.21. The second-order valence-electron chi connectivity index (χ2n) is 4.71. The summed E-state index contributed by atoms with van der Waals surface area (Å²) in [4.78, 5) is 11.9. The first kappa shape index (κ1) is 14.6. The van der Waals surface area contributed by atoms with E-state index in [9.17, 15) is 4.79 Å². The molecule has 20 heavy (non-hydrogen) atoms. The Balaban J connectivity index is 1.91. The van der Waals surface area contributed by atoms with Gasteiger partial charge in [-0.05, 0) is 55.3 Å². The minimum absolute atomic E-state index is 0.0618. The van der Waals surface area contributed by atoms with Crippen LogP contribution in [0.1, 0.15) is 11.1 Å². The molecule has 0 heterocycles. The molecule has 0 saturated heterocycles. The van der Waals surface area contributed by atoms with Gasteiger partial charge < -0.3 is 10.6 Å². The van der Waals surface area contributed by atoms with E-state index in [4.69, 9.17) is 0 Å². The first-order valence-corrected chi connectivity index (χ1v) is 7.20. The van der Waals surface area contributed by atoms with Crippen LogP contribution in [0.3, 0.4) is 0 Å². The van der Waals surface area contributed by atoms with Crippen molar-refractivity contribution in [3.8, 4) is 0 Å². The average Bonchev–Trinajstić information content (AvgIpc) is 2.41. The molecule has 0 aromatic heterocycles. The van der Waals surface area contributed by atoms with Crippen LogP contribution in [-0.2, 0) is 4.79 Å². The largest absolute Gasteiger partial charge is 0.376 e. The average molecular weight is 333 g/mol. The highest BCUT2D eigenvalue weighted by molar-refractivity contribution is 9.10. The fraction of sp³-hybridized carbons (Fsp3) is 0.188. The van der Waals surface area contributed by atoms with Gasteiger partial charge in [-0.3, -0.25) is 4.79 Å². The molecule has 2 rings (SSSR count). The molecule has 2 aromatic rings. The Bertz CT molecular complexity index is 626. The lowest BCUT2D eigenvalue weighted by Gasteiger charge is -2.09. The van der Waals surface area contributed by atoms with Gasteiger partial charge in [0.1, 0.15) is 0 Å². The van der Waals surface area contributed by atoms with Crippen molar-refractivity contribution < 1.29 is 4.79 Å². The van der Waals surface area contributed by atoms with Crippen molar-refractivity contribution in [2.75, 3.05) is 17.2 Å². The molecule has 0 atom stereocenters. The molecule has 0 aliphatic heterocycles. The zero-order valence-corrected chi connectivity index (χ0v) is 13.1. The van der Waals surface area contributed by atoms with Crippen molar-refractivity contribution >= 4 is 33.2 Å². The summed E-state index contributed by atoms with van der Waals surface area (Å²) in [7, 11) is 0. The molecule has 2 aromatic carbocycles. The number of nitrogens with one attached hydrogen (secondary N) is 2. The van der Waals surface area contributed by atoms with E-state index in [2.05, 4.69) is 33.5 Å². The lowest BCUT2D eigenvalue weighted by molar-refractivity contribution is -0.114. The molecular weight excluding hydrogens is 316 g/mol. The first-order chi connectivity index (χ1) is 9.54. The summed E-state index contributed by atoms with van der Waals surface area (Å²) in [5.74, 6) is -0.0618. The predicted molar refractivity (Wildman–Crippen MR) is 87.2 cm³/mol. The highest BCUT2D eigenvalue weighted by atomic mass is 79.9. The van der Waals surface area contributed by atoms with Gasteiger partial charge in [-0.1, -0.05) is 28.1 Å². The van der Waals surface area contributed by atoms with E-state index in [1.165, 1.54) is 11.1 Å². The van der Waals surface area contributed by atoms with Gasteiger partial charge >= 0.3 is 0 Å². The number of anilines is 2. The summed E-state index contributed by atoms with van der Waals surface area (Å²) in [6.07, 6.45) is 0. The Morgan fingerprint density at radius 2 is 1.85 bits per heavy atom. The van der Waals surface area contributed by atoms with Crippen LogP contribution in [0.4, 0.5) is 11.4 Å². The van der Waals surface area contributed by atoms with Gasteiger partial charge in [0.15, 0.2) is 0 Å². The normalized spacial score (nSPS) is 10.2. The molecule has 0 aliphatic carbocycles. The van der Waals surface area contributed by atoms with E-state index in [0.717, 1.165) is 15.8 Å². The van der Waals surface area contributed by atoms with E-state index in [1.807, 2.05) is 49.4 Å². The number of aryl methyl sites for hydroxylation is 2. The molecule has 1 amide bonds. The molecule has 0 unspecified atom stereocenters. The maximum absolute atomic E-state index is 11.9. The van der Waals surface area contributed by atoms with E-state index >= 15 is 0 Å². The number of benzene rings is 2. The summed E-state index contributed by atoms with van der Waals surface area (Å²) in [5.41, 5.74) is 4.13. The summed E-state index contributed by atoms with van der Waals surface area (Å²) >= 11 is 3.40.